The molecule has 0 aromatic carbocycles. The van der Waals surface area contributed by atoms with Crippen molar-refractivity contribution in [2.45, 2.75) is 25.7 Å². The van der Waals surface area contributed by atoms with Gasteiger partial charge in [-0.05, 0) is 6.42 Å². The van der Waals surface area contributed by atoms with Gasteiger partial charge in [-0.2, -0.15) is 6.42 Å². The quantitative estimate of drug-likeness (QED) is 0.447. The molecule has 0 spiro atoms. The Morgan fingerprint density at radius 3 is 2.45 bits per heavy atom. The van der Waals surface area contributed by atoms with E-state index in [1.165, 1.54) is 19.3 Å². The van der Waals surface area contributed by atoms with Gasteiger partial charge in [-0.15, -0.1) is 0 Å². The van der Waals surface area contributed by atoms with Crippen LogP contribution in [0.3, 0.4) is 0 Å². The molecule has 11 heavy (non-hydrogen) atoms. The van der Waals surface area contributed by atoms with Crippen molar-refractivity contribution >= 4 is 18.8 Å². The Kier molecular flexibility index (Phi) is 11.5. The fraction of sp³-hybridized carbons (Fsp3) is 0.500. The molecule has 0 N–H and O–H groups in total. The van der Waals surface area contributed by atoms with Crippen LogP contribution in [0.1, 0.15) is 25.7 Å². The summed E-state index contributed by atoms with van der Waals surface area (Å²) in [4.78, 5) is 0. The Labute approximate surface area is 85.0 Å². The van der Waals surface area contributed by atoms with Crippen molar-refractivity contribution in [3.05, 3.63) is 24.3 Å². The molecule has 0 unspecified atom stereocenters. The van der Waals surface area contributed by atoms with E-state index in [9.17, 15) is 0 Å². The monoisotopic (exact) mass is 372 g/mol. The summed E-state index contributed by atoms with van der Waals surface area (Å²) in [7, 11) is 9.75. The molecule has 0 aromatic rings. The van der Waals surface area contributed by atoms with Crippen molar-refractivity contribution in [1.29, 1.82) is 0 Å². The molecular weight excluding hydrogens is 362 g/mol. The van der Waals surface area contributed by atoms with Gasteiger partial charge in [0.05, 0.1) is 0 Å². The number of hydrogen-bond donors (Lipinski definition) is 0. The summed E-state index contributed by atoms with van der Waals surface area (Å²) in [6.07, 6.45) is 14.5. The second kappa shape index (κ2) is 10.7. The van der Waals surface area contributed by atoms with E-state index in [2.05, 4.69) is 24.3 Å². The molecule has 0 aromatic heterocycles. The zero-order valence-electron chi connectivity index (χ0n) is 6.13. The number of halogens is 2. The van der Waals surface area contributed by atoms with E-state index in [0.29, 0.717) is 0 Å². The van der Waals surface area contributed by atoms with E-state index < -0.39 is 16.5 Å². The van der Waals surface area contributed by atoms with Crippen molar-refractivity contribution in [2.75, 3.05) is 0 Å². The van der Waals surface area contributed by atoms with E-state index in [1.54, 1.807) is 0 Å². The second-order valence-corrected chi connectivity index (χ2v) is 5.32. The van der Waals surface area contributed by atoms with Crippen LogP contribution >= 0.6 is 18.8 Å². The third-order valence-electron chi connectivity index (χ3n) is 1.24. The fourth-order valence-corrected chi connectivity index (χ4v) is 0.786. The van der Waals surface area contributed by atoms with Crippen molar-refractivity contribution in [2.24, 2.45) is 0 Å². The van der Waals surface area contributed by atoms with Gasteiger partial charge >= 0.3 is 35.3 Å². The molecule has 0 saturated heterocycles. The third kappa shape index (κ3) is 10.7. The van der Waals surface area contributed by atoms with Crippen LogP contribution in [-0.2, 0) is 16.5 Å². The Balaban J connectivity index is 0.000000292. The van der Waals surface area contributed by atoms with Gasteiger partial charge in [0.2, 0.25) is 0 Å². The molecule has 0 amide bonds. The number of allylic oxidation sites excluding steroid dienone is 4. The maximum absolute atomic E-state index is 4.88. The maximum atomic E-state index is 4.88. The van der Waals surface area contributed by atoms with Crippen LogP contribution in [0.15, 0.2) is 18.2 Å². The zero-order chi connectivity index (χ0) is 8.36. The van der Waals surface area contributed by atoms with Gasteiger partial charge in [-0.25, -0.2) is 0 Å². The summed E-state index contributed by atoms with van der Waals surface area (Å²) in [5, 5.41) is 0. The zero-order valence-corrected chi connectivity index (χ0v) is 9.92. The van der Waals surface area contributed by atoms with E-state index >= 15 is 0 Å². The Morgan fingerprint density at radius 1 is 1.09 bits per heavy atom. The van der Waals surface area contributed by atoms with Crippen LogP contribution in [-0.4, -0.2) is 0 Å². The predicted molar refractivity (Wildman–Crippen MR) is 47.1 cm³/mol. The molecule has 0 fully saturated rings. The van der Waals surface area contributed by atoms with Gasteiger partial charge in [-0.1, -0.05) is 25.0 Å². The summed E-state index contributed by atoms with van der Waals surface area (Å²) < 4.78 is 0. The predicted octanol–water partition coefficient (Wildman–Crippen LogP) is 3.85. The van der Waals surface area contributed by atoms with Gasteiger partial charge in [0, 0.05) is 0 Å². The van der Waals surface area contributed by atoms with Gasteiger partial charge < -0.3 is 6.08 Å². The van der Waals surface area contributed by atoms with Crippen LogP contribution in [0.2, 0.25) is 0 Å². The molecule has 0 atom stereocenters. The molecular formula is C8H11Cl2Pt-. The normalized spacial score (nSPS) is 16.5. The summed E-state index contributed by atoms with van der Waals surface area (Å²) >= 11 is -0.472. The minimum atomic E-state index is -0.472. The summed E-state index contributed by atoms with van der Waals surface area (Å²) in [5.74, 6) is 0. The van der Waals surface area contributed by atoms with Crippen molar-refractivity contribution < 1.29 is 16.5 Å². The average Bonchev–Trinajstić information content (AvgIpc) is 1.86. The molecule has 0 radical (unpaired) electrons. The third-order valence-corrected chi connectivity index (χ3v) is 1.24. The van der Waals surface area contributed by atoms with Gasteiger partial charge in [0.1, 0.15) is 0 Å². The standard InChI is InChI=1S/C8H11.2ClH.Pt/c1-2-4-6-8-7-5-3-1;;;/h1-2,7H,3-6H2;2*1H;/q-1;;;+2/p-2. The second-order valence-electron chi connectivity index (χ2n) is 2.04. The molecule has 0 saturated carbocycles. The van der Waals surface area contributed by atoms with Gasteiger partial charge in [0.15, 0.2) is 0 Å². The Hall–Kier alpha value is 0.748. The number of hydrogen-bond acceptors (Lipinski definition) is 0. The topological polar surface area (TPSA) is 0 Å². The molecule has 0 aliphatic heterocycles. The molecule has 1 aliphatic rings. The van der Waals surface area contributed by atoms with Crippen LogP contribution in [0.4, 0.5) is 0 Å². The molecule has 0 nitrogen and oxygen atoms in total. The molecule has 0 heterocycles. The molecule has 1 rings (SSSR count). The van der Waals surface area contributed by atoms with Gasteiger partial charge in [0.25, 0.3) is 0 Å². The average molecular weight is 373 g/mol. The van der Waals surface area contributed by atoms with Crippen LogP contribution in [0.5, 0.6) is 0 Å². The Bertz CT molecular complexity index is 95.3. The van der Waals surface area contributed by atoms with E-state index in [1.807, 2.05) is 0 Å². The van der Waals surface area contributed by atoms with Crippen molar-refractivity contribution in [3.8, 4) is 0 Å². The van der Waals surface area contributed by atoms with Crippen molar-refractivity contribution in [1.82, 2.24) is 0 Å². The molecule has 1 aliphatic carbocycles. The number of rotatable bonds is 0. The molecule has 0 bridgehead atoms. The van der Waals surface area contributed by atoms with Crippen molar-refractivity contribution in [3.63, 3.8) is 0 Å². The Morgan fingerprint density at radius 2 is 1.73 bits per heavy atom. The fourth-order valence-electron chi connectivity index (χ4n) is 0.786. The first-order chi connectivity index (χ1) is 5.41. The summed E-state index contributed by atoms with van der Waals surface area (Å²) in [6.45, 7) is 0. The first-order valence-corrected chi connectivity index (χ1v) is 9.07. The van der Waals surface area contributed by atoms with Gasteiger partial charge in [-0.3, -0.25) is 6.08 Å². The van der Waals surface area contributed by atoms with E-state index in [-0.39, 0.29) is 0 Å². The van der Waals surface area contributed by atoms with Crippen LogP contribution in [0.25, 0.3) is 0 Å². The SMILES string of the molecule is [C-]1=CCCC=CCC1.[Cl][Pt][Cl]. The summed E-state index contributed by atoms with van der Waals surface area (Å²) in [6, 6.07) is 0. The summed E-state index contributed by atoms with van der Waals surface area (Å²) in [5.41, 5.74) is 0. The first kappa shape index (κ1) is 11.7. The molecule has 68 valence electrons. The van der Waals surface area contributed by atoms with Crippen LogP contribution in [0, 0.1) is 6.08 Å². The first-order valence-electron chi connectivity index (χ1n) is 3.44. The minimum absolute atomic E-state index is 0.472. The van der Waals surface area contributed by atoms with E-state index in [0.717, 1.165) is 6.42 Å². The van der Waals surface area contributed by atoms with Crippen LogP contribution < -0.4 is 0 Å². The molecule has 3 heteroatoms. The van der Waals surface area contributed by atoms with E-state index in [4.69, 9.17) is 18.8 Å².